The molecule has 0 spiro atoms. The Morgan fingerprint density at radius 1 is 0.831 bits per heavy atom. The molecule has 9 rings (SSSR count). The van der Waals surface area contributed by atoms with Crippen LogP contribution in [0.3, 0.4) is 0 Å². The SMILES string of the molecule is CC.Cc1cc(OCCCc2c3n(c4c(-c5c(C)nn(C)c5C)c(Cl)ccc24)CCN(c2cc(OCc4ccccc4)cc4cc(C(=O)O)n(Cc5ccccn5)c24)C3=O)cc(C)c1Cl. The van der Waals surface area contributed by atoms with E-state index in [2.05, 4.69) is 9.55 Å². The Balaban J connectivity index is 0.00000284. The largest absolute Gasteiger partial charge is 0.494 e. The smallest absolute Gasteiger partial charge is 0.352 e. The highest BCUT2D eigenvalue weighted by atomic mass is 35.5. The zero-order valence-corrected chi connectivity index (χ0v) is 39.2. The number of aryl methyl sites for hydroxylation is 5. The van der Waals surface area contributed by atoms with E-state index in [0.29, 0.717) is 71.3 Å². The van der Waals surface area contributed by atoms with Crippen LogP contribution in [0.4, 0.5) is 5.69 Å². The molecule has 4 aromatic carbocycles. The average Bonchev–Trinajstić information content (AvgIpc) is 3.92. The van der Waals surface area contributed by atoms with Crippen molar-refractivity contribution >= 4 is 62.6 Å². The summed E-state index contributed by atoms with van der Waals surface area (Å²) in [5.41, 5.74) is 10.6. The number of hydrogen-bond donors (Lipinski definition) is 1. The molecule has 0 aliphatic carbocycles. The van der Waals surface area contributed by atoms with Gasteiger partial charge in [0.15, 0.2) is 0 Å². The van der Waals surface area contributed by atoms with Gasteiger partial charge in [-0.3, -0.25) is 14.5 Å². The number of benzene rings is 4. The molecular formula is C52H52Cl2N6O5. The summed E-state index contributed by atoms with van der Waals surface area (Å²) in [4.78, 5) is 34.9. The molecule has 0 saturated heterocycles. The Hall–Kier alpha value is -6.56. The summed E-state index contributed by atoms with van der Waals surface area (Å²) >= 11 is 13.6. The number of anilines is 1. The molecule has 0 saturated carbocycles. The number of carbonyl (C=O) groups excluding carboxylic acids is 1. The molecular weight excluding hydrogens is 860 g/mol. The van der Waals surface area contributed by atoms with E-state index in [1.165, 1.54) is 0 Å². The van der Waals surface area contributed by atoms with Crippen molar-refractivity contribution in [3.8, 4) is 22.6 Å². The third-order valence-electron chi connectivity index (χ3n) is 12.0. The van der Waals surface area contributed by atoms with Crippen LogP contribution < -0.4 is 14.4 Å². The zero-order chi connectivity index (χ0) is 46.1. The minimum absolute atomic E-state index is 0.0731. The minimum atomic E-state index is -1.09. The van der Waals surface area contributed by atoms with Crippen LogP contribution >= 0.6 is 23.2 Å². The van der Waals surface area contributed by atoms with Crippen LogP contribution in [-0.2, 0) is 33.2 Å². The third kappa shape index (κ3) is 8.58. The molecule has 8 aromatic rings. The van der Waals surface area contributed by atoms with Crippen molar-refractivity contribution in [2.75, 3.05) is 18.1 Å². The summed E-state index contributed by atoms with van der Waals surface area (Å²) in [6.45, 7) is 13.5. The normalized spacial score (nSPS) is 12.4. The van der Waals surface area contributed by atoms with E-state index in [0.717, 1.165) is 66.4 Å². The fourth-order valence-corrected chi connectivity index (χ4v) is 9.42. The molecule has 1 amide bonds. The number of pyridine rings is 1. The van der Waals surface area contributed by atoms with Gasteiger partial charge >= 0.3 is 5.97 Å². The Morgan fingerprint density at radius 3 is 2.23 bits per heavy atom. The third-order valence-corrected chi connectivity index (χ3v) is 12.9. The molecule has 334 valence electrons. The van der Waals surface area contributed by atoms with Gasteiger partial charge in [0.25, 0.3) is 5.91 Å². The van der Waals surface area contributed by atoms with E-state index < -0.39 is 5.97 Å². The first-order chi connectivity index (χ1) is 31.4. The van der Waals surface area contributed by atoms with Crippen molar-refractivity contribution in [2.24, 2.45) is 7.05 Å². The highest BCUT2D eigenvalue weighted by Gasteiger charge is 2.35. The molecule has 0 unspecified atom stereocenters. The first-order valence-electron chi connectivity index (χ1n) is 21.9. The van der Waals surface area contributed by atoms with E-state index in [1.54, 1.807) is 21.7 Å². The monoisotopic (exact) mass is 910 g/mol. The fourth-order valence-electron chi connectivity index (χ4n) is 9.06. The average molecular weight is 912 g/mol. The molecule has 1 aliphatic rings. The molecule has 0 fully saturated rings. The Morgan fingerprint density at radius 2 is 1.55 bits per heavy atom. The molecule has 0 atom stereocenters. The molecule has 1 aliphatic heterocycles. The lowest BCUT2D eigenvalue weighted by atomic mass is 9.98. The number of aromatic carboxylic acids is 1. The van der Waals surface area contributed by atoms with E-state index in [-0.39, 0.29) is 24.8 Å². The second-order valence-corrected chi connectivity index (χ2v) is 16.9. The maximum absolute atomic E-state index is 15.6. The predicted octanol–water partition coefficient (Wildman–Crippen LogP) is 12.0. The highest BCUT2D eigenvalue weighted by Crippen LogP contribution is 2.45. The Bertz CT molecular complexity index is 3060. The van der Waals surface area contributed by atoms with Gasteiger partial charge < -0.3 is 28.6 Å². The number of fused-ring (bicyclic) bond motifs is 4. The summed E-state index contributed by atoms with van der Waals surface area (Å²) in [7, 11) is 1.92. The van der Waals surface area contributed by atoms with Crippen molar-refractivity contribution in [1.29, 1.82) is 0 Å². The van der Waals surface area contributed by atoms with Gasteiger partial charge in [-0.15, -0.1) is 0 Å². The second kappa shape index (κ2) is 18.9. The molecule has 5 heterocycles. The van der Waals surface area contributed by atoms with Crippen molar-refractivity contribution in [3.63, 3.8) is 0 Å². The van der Waals surface area contributed by atoms with Crippen LogP contribution in [0.5, 0.6) is 11.5 Å². The van der Waals surface area contributed by atoms with Crippen LogP contribution in [-0.4, -0.2) is 54.0 Å². The lowest BCUT2D eigenvalue weighted by molar-refractivity contribution is 0.0686. The number of halogens is 2. The van der Waals surface area contributed by atoms with Gasteiger partial charge in [-0.05, 0) is 105 Å². The quantitative estimate of drug-likeness (QED) is 0.115. The van der Waals surface area contributed by atoms with Crippen LogP contribution in [0, 0.1) is 27.7 Å². The van der Waals surface area contributed by atoms with E-state index in [9.17, 15) is 9.90 Å². The number of hydrogen-bond acceptors (Lipinski definition) is 6. The summed E-state index contributed by atoms with van der Waals surface area (Å²) in [6.07, 6.45) is 2.83. The Kier molecular flexibility index (Phi) is 13.1. The van der Waals surface area contributed by atoms with Crippen molar-refractivity contribution in [1.82, 2.24) is 23.9 Å². The molecule has 0 radical (unpaired) electrons. The van der Waals surface area contributed by atoms with Gasteiger partial charge in [0.2, 0.25) is 0 Å². The van der Waals surface area contributed by atoms with Crippen molar-refractivity contribution in [3.05, 3.63) is 158 Å². The van der Waals surface area contributed by atoms with Crippen LogP contribution in [0.1, 0.15) is 80.6 Å². The standard InChI is InChI=1S/C50H46Cl2N6O5.C2H6/c1-29-22-36(23-30(2)45(29)52)62-21-11-15-38-39-16-17-40(51)44(43-31(3)54-55(5)32(43)4)47(39)57-20-19-56(49(59)48(38)57)41-26-37(63-28-33-12-7-6-8-13-33)24-34-25-42(50(60)61)58(46(34)41)27-35-14-9-10-18-53-35;1-2/h6-10,12-14,16-18,22-26H,11,15,19-21,27-28H2,1-5H3,(H,60,61);1-2H3. The van der Waals surface area contributed by atoms with Gasteiger partial charge in [0, 0.05) is 65.0 Å². The number of nitrogens with zero attached hydrogens (tertiary/aromatic N) is 6. The zero-order valence-electron chi connectivity index (χ0n) is 37.7. The van der Waals surface area contributed by atoms with Gasteiger partial charge in [0.1, 0.15) is 29.5 Å². The topological polar surface area (TPSA) is 117 Å². The number of carboxylic acid groups (broad SMARTS) is 1. The fraction of sp³-hybridized carbons (Fsp3) is 0.269. The molecule has 4 aromatic heterocycles. The summed E-state index contributed by atoms with van der Waals surface area (Å²) in [6, 6.07) is 28.5. The van der Waals surface area contributed by atoms with E-state index >= 15 is 4.79 Å². The van der Waals surface area contributed by atoms with Gasteiger partial charge in [-0.25, -0.2) is 4.79 Å². The van der Waals surface area contributed by atoms with E-state index in [1.807, 2.05) is 138 Å². The molecule has 1 N–H and O–H groups in total. The lowest BCUT2D eigenvalue weighted by Crippen LogP contribution is -2.41. The maximum atomic E-state index is 15.6. The summed E-state index contributed by atoms with van der Waals surface area (Å²) in [5.74, 6) is -0.0644. The minimum Gasteiger partial charge on any atom is -0.494 e. The molecule has 13 heteroatoms. The second-order valence-electron chi connectivity index (χ2n) is 16.1. The highest BCUT2D eigenvalue weighted by molar-refractivity contribution is 6.35. The van der Waals surface area contributed by atoms with Crippen molar-refractivity contribution in [2.45, 2.75) is 74.1 Å². The maximum Gasteiger partial charge on any atom is 0.352 e. The van der Waals surface area contributed by atoms with Crippen molar-refractivity contribution < 1.29 is 24.2 Å². The molecule has 65 heavy (non-hydrogen) atoms. The van der Waals surface area contributed by atoms with Crippen LogP contribution in [0.2, 0.25) is 10.0 Å². The Labute approximate surface area is 388 Å². The molecule has 11 nitrogen and oxygen atoms in total. The van der Waals surface area contributed by atoms with Gasteiger partial charge in [-0.1, -0.05) is 79.5 Å². The number of carboxylic acids is 1. The number of rotatable bonds is 13. The predicted molar refractivity (Wildman–Crippen MR) is 259 cm³/mol. The summed E-state index contributed by atoms with van der Waals surface area (Å²) < 4.78 is 18.4. The van der Waals surface area contributed by atoms with Gasteiger partial charge in [-0.2, -0.15) is 5.10 Å². The number of ether oxygens (including phenoxy) is 2. The lowest BCUT2D eigenvalue weighted by Gasteiger charge is -2.31. The summed E-state index contributed by atoms with van der Waals surface area (Å²) in [5, 5.41) is 18.2. The number of aromatic nitrogens is 5. The number of amides is 1. The van der Waals surface area contributed by atoms with E-state index in [4.69, 9.17) is 37.8 Å². The first kappa shape index (κ1) is 45.0. The first-order valence-corrected chi connectivity index (χ1v) is 22.7. The van der Waals surface area contributed by atoms with Crippen LogP contribution in [0.25, 0.3) is 32.9 Å². The van der Waals surface area contributed by atoms with Gasteiger partial charge in [0.05, 0.1) is 46.3 Å². The molecule has 0 bridgehead atoms. The van der Waals surface area contributed by atoms with Crippen LogP contribution in [0.15, 0.2) is 97.2 Å². The number of carbonyl (C=O) groups is 2.